The van der Waals surface area contributed by atoms with Crippen LogP contribution in [0.2, 0.25) is 0 Å². The van der Waals surface area contributed by atoms with E-state index in [1.54, 1.807) is 42.8 Å². The van der Waals surface area contributed by atoms with Crippen LogP contribution in [0.1, 0.15) is 19.4 Å². The molecule has 1 unspecified atom stereocenters. The number of benzene rings is 2. The number of aliphatic hydroxyl groups is 1. The van der Waals surface area contributed by atoms with Crippen molar-refractivity contribution in [1.29, 1.82) is 0 Å². The van der Waals surface area contributed by atoms with E-state index in [2.05, 4.69) is 0 Å². The molecule has 0 bridgehead atoms. The molecular formula is C21H23F3N2O5S2. The fourth-order valence-corrected chi connectivity index (χ4v) is 4.66. The molecule has 0 aliphatic heterocycles. The minimum Gasteiger partial charge on any atom is -0.366 e. The van der Waals surface area contributed by atoms with Crippen LogP contribution in [-0.4, -0.2) is 40.9 Å². The zero-order valence-electron chi connectivity index (χ0n) is 18.0. The highest BCUT2D eigenvalue weighted by Gasteiger charge is 2.54. The Morgan fingerprint density at radius 1 is 1.00 bits per heavy atom. The van der Waals surface area contributed by atoms with Crippen LogP contribution in [0.4, 0.5) is 18.9 Å². The molecule has 0 aliphatic carbocycles. The minimum atomic E-state index is -5.27. The fraction of sp³-hybridized carbons (Fsp3) is 0.333. The number of nitrogens with one attached hydrogen (secondary N) is 1. The third kappa shape index (κ3) is 6.40. The van der Waals surface area contributed by atoms with Gasteiger partial charge in [0.25, 0.3) is 10.0 Å². The Morgan fingerprint density at radius 3 is 2.00 bits per heavy atom. The summed E-state index contributed by atoms with van der Waals surface area (Å²) < 4.78 is 92.0. The molecule has 0 radical (unpaired) electrons. The van der Waals surface area contributed by atoms with Crippen LogP contribution in [-0.2, 0) is 25.6 Å². The van der Waals surface area contributed by atoms with Crippen molar-refractivity contribution in [2.45, 2.75) is 30.5 Å². The van der Waals surface area contributed by atoms with E-state index in [1.165, 1.54) is 18.1 Å². The molecule has 0 amide bonds. The Hall–Kier alpha value is -2.75. The van der Waals surface area contributed by atoms with Crippen LogP contribution in [0.5, 0.6) is 0 Å². The highest BCUT2D eigenvalue weighted by Crippen LogP contribution is 2.39. The summed E-state index contributed by atoms with van der Waals surface area (Å²) in [5.74, 6) is 1.40. The van der Waals surface area contributed by atoms with E-state index >= 15 is 0 Å². The second-order valence-electron chi connectivity index (χ2n) is 7.62. The van der Waals surface area contributed by atoms with Gasteiger partial charge in [0.15, 0.2) is 0 Å². The number of halogens is 3. The number of nitrogens with zero attached hydrogens (tertiary/aromatic N) is 1. The van der Waals surface area contributed by atoms with E-state index in [0.29, 0.717) is 6.26 Å². The Bertz CT molecular complexity index is 1230. The third-order valence-corrected chi connectivity index (χ3v) is 6.61. The van der Waals surface area contributed by atoms with Gasteiger partial charge in [0.05, 0.1) is 16.8 Å². The van der Waals surface area contributed by atoms with Crippen molar-refractivity contribution < 1.29 is 35.1 Å². The molecular weight excluding hydrogens is 481 g/mol. The summed E-state index contributed by atoms with van der Waals surface area (Å²) in [6, 6.07) is 13.2. The van der Waals surface area contributed by atoms with Crippen LogP contribution in [0.15, 0.2) is 59.5 Å². The molecule has 2 aromatic rings. The van der Waals surface area contributed by atoms with Crippen LogP contribution in [0, 0.1) is 17.9 Å². The van der Waals surface area contributed by atoms with E-state index < -0.39 is 37.4 Å². The summed E-state index contributed by atoms with van der Waals surface area (Å²) in [4.78, 5) is 0.0132. The van der Waals surface area contributed by atoms with Gasteiger partial charge in [0, 0.05) is 18.2 Å². The zero-order valence-corrected chi connectivity index (χ0v) is 19.6. The fourth-order valence-electron chi connectivity index (χ4n) is 2.78. The largest absolute Gasteiger partial charge is 0.433 e. The lowest BCUT2D eigenvalue weighted by atomic mass is 9.93. The Balaban J connectivity index is 2.53. The van der Waals surface area contributed by atoms with Crippen molar-refractivity contribution in [3.63, 3.8) is 0 Å². The first-order chi connectivity index (χ1) is 15.1. The molecule has 0 aromatic heterocycles. The Morgan fingerprint density at radius 2 is 1.55 bits per heavy atom. The number of rotatable bonds is 7. The van der Waals surface area contributed by atoms with Gasteiger partial charge in [-0.1, -0.05) is 44.2 Å². The van der Waals surface area contributed by atoms with Crippen molar-refractivity contribution >= 4 is 25.7 Å². The molecule has 180 valence electrons. The first kappa shape index (κ1) is 26.5. The molecule has 0 saturated carbocycles. The summed E-state index contributed by atoms with van der Waals surface area (Å²) in [7, 11) is -7.93. The molecule has 0 saturated heterocycles. The zero-order chi connectivity index (χ0) is 25.1. The first-order valence-corrected chi connectivity index (χ1v) is 12.9. The van der Waals surface area contributed by atoms with E-state index in [-0.39, 0.29) is 23.0 Å². The summed E-state index contributed by atoms with van der Waals surface area (Å²) in [6.45, 7) is 3.63. The van der Waals surface area contributed by atoms with Crippen LogP contribution in [0.3, 0.4) is 0 Å². The second-order valence-corrected chi connectivity index (χ2v) is 11.2. The summed E-state index contributed by atoms with van der Waals surface area (Å²) in [5.41, 5.74) is -4.31. The van der Waals surface area contributed by atoms with Gasteiger partial charge >= 0.3 is 6.18 Å². The molecule has 7 nitrogen and oxygen atoms in total. The van der Waals surface area contributed by atoms with Gasteiger partial charge in [-0.3, -0.25) is 4.31 Å². The molecule has 12 heteroatoms. The van der Waals surface area contributed by atoms with Gasteiger partial charge < -0.3 is 5.11 Å². The van der Waals surface area contributed by atoms with Crippen molar-refractivity contribution in [3.05, 3.63) is 60.2 Å². The van der Waals surface area contributed by atoms with Gasteiger partial charge in [0.1, 0.15) is 0 Å². The maximum Gasteiger partial charge on any atom is 0.433 e. The highest BCUT2D eigenvalue weighted by atomic mass is 32.2. The quantitative estimate of drug-likeness (QED) is 0.446. The highest BCUT2D eigenvalue weighted by molar-refractivity contribution is 7.92. The van der Waals surface area contributed by atoms with Gasteiger partial charge in [-0.25, -0.2) is 21.6 Å². The molecule has 0 spiro atoms. The number of alkyl halides is 3. The molecule has 2 N–H and O–H groups in total. The average molecular weight is 505 g/mol. The predicted molar refractivity (Wildman–Crippen MR) is 118 cm³/mol. The molecule has 0 fully saturated rings. The Kier molecular flexibility index (Phi) is 7.73. The molecule has 2 aromatic carbocycles. The van der Waals surface area contributed by atoms with Crippen LogP contribution < -0.4 is 9.03 Å². The van der Waals surface area contributed by atoms with Gasteiger partial charge in [-0.05, 0) is 36.1 Å². The third-order valence-electron chi connectivity index (χ3n) is 4.33. The topological polar surface area (TPSA) is 104 Å². The van der Waals surface area contributed by atoms with Crippen LogP contribution >= 0.6 is 0 Å². The van der Waals surface area contributed by atoms with Crippen LogP contribution in [0.25, 0.3) is 0 Å². The second kappa shape index (κ2) is 9.62. The van der Waals surface area contributed by atoms with Crippen molar-refractivity contribution in [2.75, 3.05) is 17.1 Å². The molecule has 0 aliphatic rings. The van der Waals surface area contributed by atoms with Gasteiger partial charge in [-0.15, -0.1) is 0 Å². The van der Waals surface area contributed by atoms with Gasteiger partial charge in [-0.2, -0.15) is 13.2 Å². The maximum atomic E-state index is 13.6. The number of hydrogen-bond donors (Lipinski definition) is 2. The van der Waals surface area contributed by atoms with E-state index in [9.17, 15) is 35.1 Å². The number of sulfonamides is 2. The standard InChI is InChI=1S/C21H23F3N2O5S2/c1-16(2)15-26(33(30,31)19-7-5-4-6-8-19)18-11-9-17(10-12-18)20(27,21(22,23)24)13-14-25-32(3,28)29/h4-12,16,25,27H,15H2,1-3H3. The lowest BCUT2D eigenvalue weighted by molar-refractivity contribution is -0.240. The lowest BCUT2D eigenvalue weighted by Gasteiger charge is -2.28. The van der Waals surface area contributed by atoms with E-state index in [0.717, 1.165) is 28.6 Å². The minimum absolute atomic E-state index is 0.0132. The average Bonchev–Trinajstić information content (AvgIpc) is 2.70. The van der Waals surface area contributed by atoms with Crippen molar-refractivity contribution in [2.24, 2.45) is 5.92 Å². The van der Waals surface area contributed by atoms with Crippen molar-refractivity contribution in [3.8, 4) is 12.0 Å². The summed E-state index contributed by atoms with van der Waals surface area (Å²) in [5, 5.41) is 10.3. The van der Waals surface area contributed by atoms with Gasteiger partial charge in [0.2, 0.25) is 15.6 Å². The predicted octanol–water partition coefficient (Wildman–Crippen LogP) is 2.80. The molecule has 1 atom stereocenters. The number of hydrogen-bond acceptors (Lipinski definition) is 5. The maximum absolute atomic E-state index is 13.6. The summed E-state index contributed by atoms with van der Waals surface area (Å²) >= 11 is 0. The van der Waals surface area contributed by atoms with E-state index in [4.69, 9.17) is 0 Å². The lowest BCUT2D eigenvalue weighted by Crippen LogP contribution is -2.41. The molecule has 0 heterocycles. The number of anilines is 1. The monoisotopic (exact) mass is 504 g/mol. The van der Waals surface area contributed by atoms with E-state index in [1.807, 2.05) is 0 Å². The molecule has 33 heavy (non-hydrogen) atoms. The smallest absolute Gasteiger partial charge is 0.366 e. The first-order valence-electron chi connectivity index (χ1n) is 9.54. The summed E-state index contributed by atoms with van der Waals surface area (Å²) in [6.07, 6.45) is -4.58. The SMILES string of the molecule is CC(C)CN(c1ccc(C(O)(C#CNS(C)(=O)=O)C(F)(F)F)cc1)S(=O)(=O)c1ccccc1. The van der Waals surface area contributed by atoms with Crippen molar-refractivity contribution in [1.82, 2.24) is 4.72 Å². The normalized spacial score (nSPS) is 14.2. The Labute approximate surface area is 191 Å². The molecule has 2 rings (SSSR count).